The van der Waals surface area contributed by atoms with Crippen molar-refractivity contribution in [3.8, 4) is 0 Å². The maximum atomic E-state index is 6.12. The van der Waals surface area contributed by atoms with E-state index in [0.29, 0.717) is 10.8 Å². The lowest BCUT2D eigenvalue weighted by atomic mass is 9.73. The summed E-state index contributed by atoms with van der Waals surface area (Å²) in [5, 5.41) is 0. The van der Waals surface area contributed by atoms with Crippen molar-refractivity contribution in [3.05, 3.63) is 0 Å². The Labute approximate surface area is 169 Å². The molecule has 0 aromatic carbocycles. The fourth-order valence-electron chi connectivity index (χ4n) is 3.98. The smallest absolute Gasteiger partial charge is 0.168 e. The summed E-state index contributed by atoms with van der Waals surface area (Å²) in [4.78, 5) is 0. The molecule has 2 aliphatic heterocycles. The van der Waals surface area contributed by atoms with Crippen LogP contribution in [0.4, 0.5) is 0 Å². The van der Waals surface area contributed by atoms with E-state index in [2.05, 4.69) is 34.6 Å². The predicted molar refractivity (Wildman–Crippen MR) is 115 cm³/mol. The van der Waals surface area contributed by atoms with Gasteiger partial charge in [-0.2, -0.15) is 0 Å². The molecule has 1 atom stereocenters. The maximum Gasteiger partial charge on any atom is 0.168 e. The van der Waals surface area contributed by atoms with E-state index in [4.69, 9.17) is 14.2 Å². The van der Waals surface area contributed by atoms with Crippen molar-refractivity contribution in [3.63, 3.8) is 0 Å². The molecule has 0 aromatic rings. The zero-order valence-electron chi connectivity index (χ0n) is 19.5. The summed E-state index contributed by atoms with van der Waals surface area (Å²) in [6, 6.07) is 0. The molecule has 27 heavy (non-hydrogen) atoms. The lowest BCUT2D eigenvalue weighted by Crippen LogP contribution is -2.38. The van der Waals surface area contributed by atoms with Crippen LogP contribution in [0, 0.1) is 16.7 Å². The average Bonchev–Trinajstić information content (AvgIpc) is 2.85. The summed E-state index contributed by atoms with van der Waals surface area (Å²) in [7, 11) is 0. The molecular weight excluding hydrogens is 336 g/mol. The van der Waals surface area contributed by atoms with Crippen LogP contribution in [0.3, 0.4) is 0 Å². The van der Waals surface area contributed by atoms with E-state index in [1.54, 1.807) is 0 Å². The van der Waals surface area contributed by atoms with Gasteiger partial charge in [0.25, 0.3) is 0 Å². The van der Waals surface area contributed by atoms with E-state index in [9.17, 15) is 0 Å². The summed E-state index contributed by atoms with van der Waals surface area (Å²) >= 11 is 0. The van der Waals surface area contributed by atoms with Crippen LogP contribution in [0.5, 0.6) is 0 Å². The first-order valence-corrected chi connectivity index (χ1v) is 11.7. The van der Waals surface area contributed by atoms with E-state index in [-0.39, 0.29) is 5.79 Å². The molecule has 3 nitrogen and oxygen atoms in total. The highest BCUT2D eigenvalue weighted by Gasteiger charge is 2.39. The second-order valence-corrected chi connectivity index (χ2v) is 9.44. The van der Waals surface area contributed by atoms with Crippen molar-refractivity contribution in [1.82, 2.24) is 0 Å². The summed E-state index contributed by atoms with van der Waals surface area (Å²) in [6.07, 6.45) is 10.9. The Morgan fingerprint density at radius 3 is 1.85 bits per heavy atom. The van der Waals surface area contributed by atoms with Crippen LogP contribution in [0.25, 0.3) is 0 Å². The molecule has 3 aliphatic rings. The number of rotatable bonds is 2. The minimum Gasteiger partial charge on any atom is -0.381 e. The van der Waals surface area contributed by atoms with Gasteiger partial charge < -0.3 is 14.2 Å². The van der Waals surface area contributed by atoms with Gasteiger partial charge in [-0.1, -0.05) is 54.9 Å². The molecule has 0 bridgehead atoms. The summed E-state index contributed by atoms with van der Waals surface area (Å²) < 4.78 is 17.4. The molecule has 2 saturated heterocycles. The van der Waals surface area contributed by atoms with Gasteiger partial charge >= 0.3 is 0 Å². The van der Waals surface area contributed by atoms with Gasteiger partial charge in [0.2, 0.25) is 0 Å². The molecule has 162 valence electrons. The summed E-state index contributed by atoms with van der Waals surface area (Å²) in [5.41, 5.74) is 0.888. The minimum absolute atomic E-state index is 0.203. The van der Waals surface area contributed by atoms with Crippen LogP contribution in [0.15, 0.2) is 0 Å². The second-order valence-electron chi connectivity index (χ2n) is 9.44. The van der Waals surface area contributed by atoms with Gasteiger partial charge in [0.05, 0.1) is 13.2 Å². The van der Waals surface area contributed by atoms with E-state index < -0.39 is 0 Å². The Morgan fingerprint density at radius 1 is 0.778 bits per heavy atom. The molecule has 3 heteroatoms. The van der Waals surface area contributed by atoms with Gasteiger partial charge in [-0.15, -0.1) is 0 Å². The van der Waals surface area contributed by atoms with E-state index >= 15 is 0 Å². The monoisotopic (exact) mass is 384 g/mol. The summed E-state index contributed by atoms with van der Waals surface area (Å²) in [6.45, 7) is 19.3. The van der Waals surface area contributed by atoms with Crippen LogP contribution < -0.4 is 0 Å². The Bertz CT molecular complexity index is 381. The highest BCUT2D eigenvalue weighted by atomic mass is 16.7. The van der Waals surface area contributed by atoms with Crippen molar-refractivity contribution >= 4 is 0 Å². The van der Waals surface area contributed by atoms with Crippen LogP contribution in [0.1, 0.15) is 106 Å². The Morgan fingerprint density at radius 2 is 1.37 bits per heavy atom. The van der Waals surface area contributed by atoms with Gasteiger partial charge in [0.1, 0.15) is 0 Å². The quantitative estimate of drug-likeness (QED) is 0.513. The normalized spacial score (nSPS) is 29.8. The molecule has 2 heterocycles. The molecule has 0 amide bonds. The van der Waals surface area contributed by atoms with Crippen LogP contribution in [0.2, 0.25) is 0 Å². The zero-order valence-corrected chi connectivity index (χ0v) is 19.5. The van der Waals surface area contributed by atoms with Crippen molar-refractivity contribution in [2.24, 2.45) is 16.7 Å². The first kappa shape index (κ1) is 24.9. The molecule has 0 aromatic heterocycles. The van der Waals surface area contributed by atoms with Gasteiger partial charge in [-0.05, 0) is 55.3 Å². The SMILES string of the molecule is CC.CC(C)C1(C)CCOCC1.CCC1(C)CCOC2(CCCCC2)OC1. The summed E-state index contributed by atoms with van der Waals surface area (Å²) in [5.74, 6) is 0.599. The van der Waals surface area contributed by atoms with Gasteiger partial charge in [-0.25, -0.2) is 0 Å². The minimum atomic E-state index is -0.203. The van der Waals surface area contributed by atoms with Crippen molar-refractivity contribution in [1.29, 1.82) is 0 Å². The van der Waals surface area contributed by atoms with Gasteiger partial charge in [0, 0.05) is 26.1 Å². The molecule has 0 radical (unpaired) electrons. The first-order valence-electron chi connectivity index (χ1n) is 11.7. The standard InChI is InChI=1S/C13H24O2.C9H18O.C2H6/c1-3-12(2)9-10-14-13(15-11-12)7-5-4-6-8-13;1-8(2)9(3)4-6-10-7-5-9;1-2/h3-11H2,1-2H3;8H,4-7H2,1-3H3;1-2H3. The van der Waals surface area contributed by atoms with Crippen molar-refractivity contribution in [2.45, 2.75) is 112 Å². The first-order chi connectivity index (χ1) is 12.8. The second kappa shape index (κ2) is 11.8. The molecule has 3 rings (SSSR count). The van der Waals surface area contributed by atoms with E-state index in [1.807, 2.05) is 13.8 Å². The Hall–Kier alpha value is -0.120. The molecule has 0 N–H and O–H groups in total. The molecule has 1 unspecified atom stereocenters. The van der Waals surface area contributed by atoms with Crippen molar-refractivity contribution in [2.75, 3.05) is 26.4 Å². The third kappa shape index (κ3) is 7.66. The number of ether oxygens (including phenoxy) is 3. The molecule has 1 spiro atoms. The largest absolute Gasteiger partial charge is 0.381 e. The lowest BCUT2D eigenvalue weighted by Gasteiger charge is -2.37. The third-order valence-electron chi connectivity index (χ3n) is 7.25. The molecular formula is C24H48O3. The van der Waals surface area contributed by atoms with E-state index in [0.717, 1.165) is 51.6 Å². The predicted octanol–water partition coefficient (Wildman–Crippen LogP) is 6.99. The number of hydrogen-bond donors (Lipinski definition) is 0. The highest BCUT2D eigenvalue weighted by Crippen LogP contribution is 2.39. The topological polar surface area (TPSA) is 27.7 Å². The van der Waals surface area contributed by atoms with Gasteiger partial charge in [-0.3, -0.25) is 0 Å². The highest BCUT2D eigenvalue weighted by molar-refractivity contribution is 4.82. The number of hydrogen-bond acceptors (Lipinski definition) is 3. The fourth-order valence-corrected chi connectivity index (χ4v) is 3.98. The lowest BCUT2D eigenvalue weighted by molar-refractivity contribution is -0.244. The van der Waals surface area contributed by atoms with Crippen LogP contribution in [-0.2, 0) is 14.2 Å². The molecule has 1 saturated carbocycles. The molecule has 3 fully saturated rings. The Balaban J connectivity index is 0.000000265. The zero-order chi connectivity index (χ0) is 20.4. The average molecular weight is 385 g/mol. The Kier molecular flexibility index (Phi) is 10.9. The van der Waals surface area contributed by atoms with Crippen LogP contribution in [-0.4, -0.2) is 32.2 Å². The van der Waals surface area contributed by atoms with Crippen LogP contribution >= 0.6 is 0 Å². The fraction of sp³-hybridized carbons (Fsp3) is 1.00. The van der Waals surface area contributed by atoms with Crippen molar-refractivity contribution < 1.29 is 14.2 Å². The third-order valence-corrected chi connectivity index (χ3v) is 7.25. The maximum absolute atomic E-state index is 6.12. The van der Waals surface area contributed by atoms with Gasteiger partial charge in [0.15, 0.2) is 5.79 Å². The molecule has 1 aliphatic carbocycles. The van der Waals surface area contributed by atoms with E-state index in [1.165, 1.54) is 38.5 Å².